The second-order valence-electron chi connectivity index (χ2n) is 3.32. The maximum Gasteiger partial charge on any atom is 0.303 e. The van der Waals surface area contributed by atoms with E-state index in [2.05, 4.69) is 0 Å². The van der Waals surface area contributed by atoms with Crippen molar-refractivity contribution < 1.29 is 21.5 Å². The van der Waals surface area contributed by atoms with E-state index in [9.17, 15) is 9.59 Å². The Morgan fingerprint density at radius 2 is 2.53 bits per heavy atom. The average Bonchev–Trinajstić information content (AvgIpc) is 2.51. The van der Waals surface area contributed by atoms with Crippen LogP contribution in [0.5, 0.6) is 0 Å². The molecule has 3 nitrogen and oxygen atoms in total. The van der Waals surface area contributed by atoms with Crippen LogP contribution in [0, 0.1) is 11.8 Å². The van der Waals surface area contributed by atoms with Gasteiger partial charge in [0, 0.05) is 25.5 Å². The highest BCUT2D eigenvalue weighted by Gasteiger charge is 2.34. The van der Waals surface area contributed by atoms with Crippen LogP contribution in [0.15, 0.2) is 12.2 Å². The Hall–Kier alpha value is -1.12. The van der Waals surface area contributed by atoms with Crippen LogP contribution in [-0.2, 0) is 9.59 Å². The first-order chi connectivity index (χ1) is 9.00. The second-order valence-corrected chi connectivity index (χ2v) is 3.32. The van der Waals surface area contributed by atoms with Crippen molar-refractivity contribution in [1.82, 2.24) is 0 Å². The van der Waals surface area contributed by atoms with Crippen LogP contribution in [0.4, 0.5) is 0 Å². The molecule has 0 aromatic heterocycles. The Labute approximate surface area is 97.2 Å². The number of carbonyl (C=O) groups excluding carboxylic acids is 1. The number of aliphatic carboxylic acids is 1. The number of hydrogen-bond acceptors (Lipinski definition) is 2. The van der Waals surface area contributed by atoms with Crippen molar-refractivity contribution in [3.63, 3.8) is 0 Å². The molecule has 3 heteroatoms. The van der Waals surface area contributed by atoms with E-state index < -0.39 is 42.7 Å². The smallest absolute Gasteiger partial charge is 0.303 e. The largest absolute Gasteiger partial charge is 0.481 e. The highest BCUT2D eigenvalue weighted by Crippen LogP contribution is 2.33. The molecule has 1 saturated carbocycles. The summed E-state index contributed by atoms with van der Waals surface area (Å²) in [6.45, 7) is 1.84. The first-order valence-electron chi connectivity index (χ1n) is 7.43. The van der Waals surface area contributed by atoms with Gasteiger partial charge in [-0.05, 0) is 25.2 Å². The Balaban J connectivity index is 3.23. The van der Waals surface area contributed by atoms with E-state index in [4.69, 9.17) is 12.0 Å². The summed E-state index contributed by atoms with van der Waals surface area (Å²) in [6.07, 6.45) is -2.10. The van der Waals surface area contributed by atoms with Gasteiger partial charge in [-0.1, -0.05) is 19.1 Å². The number of carbonyl (C=O) groups is 2. The highest BCUT2D eigenvalue weighted by atomic mass is 16.4. The summed E-state index contributed by atoms with van der Waals surface area (Å²) in [5, 5.41) is 8.95. The normalized spacial score (nSPS) is 40.5. The second kappa shape index (κ2) is 5.69. The predicted molar refractivity (Wildman–Crippen MR) is 57.5 cm³/mol. The maximum atomic E-state index is 12.1. The minimum atomic E-state index is -2.82. The van der Waals surface area contributed by atoms with Gasteiger partial charge in [-0.15, -0.1) is 0 Å². The zero-order valence-electron chi connectivity index (χ0n) is 13.6. The van der Waals surface area contributed by atoms with E-state index in [-0.39, 0.29) is 6.42 Å². The number of allylic oxidation sites excluding steroid dienone is 2. The van der Waals surface area contributed by atoms with Crippen molar-refractivity contribution >= 4 is 11.8 Å². The molecule has 0 spiro atoms. The summed E-state index contributed by atoms with van der Waals surface area (Å²) in [5.41, 5.74) is 0. The molecule has 0 radical (unpaired) electrons. The van der Waals surface area contributed by atoms with E-state index >= 15 is 0 Å². The lowest BCUT2D eigenvalue weighted by Gasteiger charge is -2.14. The Morgan fingerprint density at radius 1 is 1.80 bits per heavy atom. The van der Waals surface area contributed by atoms with Gasteiger partial charge < -0.3 is 5.11 Å². The monoisotopic (exact) mass is 215 g/mol. The third kappa shape index (κ3) is 3.50. The third-order valence-corrected chi connectivity index (χ3v) is 2.22. The number of carboxylic acids is 1. The average molecular weight is 215 g/mol. The van der Waals surface area contributed by atoms with Gasteiger partial charge in [-0.25, -0.2) is 0 Å². The summed E-state index contributed by atoms with van der Waals surface area (Å²) in [7, 11) is 0. The van der Waals surface area contributed by atoms with Gasteiger partial charge in [0.05, 0.1) is 0 Å². The van der Waals surface area contributed by atoms with Crippen LogP contribution in [0.2, 0.25) is 0 Å². The summed E-state index contributed by atoms with van der Waals surface area (Å²) in [5.74, 6) is -6.42. The standard InChI is InChI=1S/C12H18O3/c1-2-3-4-5-10-9(8-12(14)15)6-7-11(10)13/h3-4,9-10H,2,5-8H2,1H3,(H,14,15)/b4-3-/i7D2,8D2,10D. The molecule has 2 unspecified atom stereocenters. The molecule has 1 aliphatic carbocycles. The van der Waals surface area contributed by atoms with E-state index in [1.807, 2.05) is 6.92 Å². The molecule has 0 heterocycles. The third-order valence-electron chi connectivity index (χ3n) is 2.22. The SMILES string of the molecule is [2H]C1([2H])CC(C([2H])([2H])C(=O)O)C([2H])(C/C=C\CC)C1=O. The Kier molecular flexibility index (Phi) is 2.45. The van der Waals surface area contributed by atoms with Crippen LogP contribution in [0.1, 0.15) is 45.8 Å². The molecule has 84 valence electrons. The minimum absolute atomic E-state index is 0.184. The van der Waals surface area contributed by atoms with E-state index in [0.29, 0.717) is 6.42 Å². The quantitative estimate of drug-likeness (QED) is 0.716. The van der Waals surface area contributed by atoms with Gasteiger partial charge in [-0.2, -0.15) is 0 Å². The molecule has 0 amide bonds. The van der Waals surface area contributed by atoms with Crippen LogP contribution in [0.3, 0.4) is 0 Å². The molecule has 1 fully saturated rings. The molecule has 0 bridgehead atoms. The van der Waals surface area contributed by atoms with Gasteiger partial charge in [0.2, 0.25) is 0 Å². The molecule has 1 aliphatic rings. The highest BCUT2D eigenvalue weighted by molar-refractivity contribution is 5.84. The lowest BCUT2D eigenvalue weighted by molar-refractivity contribution is -0.138. The summed E-state index contributed by atoms with van der Waals surface area (Å²) >= 11 is 0. The molecule has 1 N–H and O–H groups in total. The van der Waals surface area contributed by atoms with Crippen LogP contribution >= 0.6 is 0 Å². The van der Waals surface area contributed by atoms with Gasteiger partial charge in [0.1, 0.15) is 5.78 Å². The van der Waals surface area contributed by atoms with Gasteiger partial charge in [0.15, 0.2) is 0 Å². The van der Waals surface area contributed by atoms with Crippen LogP contribution < -0.4 is 0 Å². The predicted octanol–water partition coefficient (Wildman–Crippen LogP) is 2.41. The van der Waals surface area contributed by atoms with Crippen LogP contribution in [-0.4, -0.2) is 16.9 Å². The molecule has 15 heavy (non-hydrogen) atoms. The number of hydrogen-bond donors (Lipinski definition) is 1. The summed E-state index contributed by atoms with van der Waals surface area (Å²) < 4.78 is 38.5. The topological polar surface area (TPSA) is 54.4 Å². The van der Waals surface area contributed by atoms with Crippen molar-refractivity contribution in [2.24, 2.45) is 11.8 Å². The fourth-order valence-electron chi connectivity index (χ4n) is 1.49. The lowest BCUT2D eigenvalue weighted by atomic mass is 9.89. The van der Waals surface area contributed by atoms with Crippen molar-refractivity contribution in [3.05, 3.63) is 12.2 Å². The lowest BCUT2D eigenvalue weighted by Crippen LogP contribution is -2.17. The Morgan fingerprint density at radius 3 is 3.13 bits per heavy atom. The van der Waals surface area contributed by atoms with E-state index in [1.165, 1.54) is 6.08 Å². The molecular weight excluding hydrogens is 192 g/mol. The zero-order valence-corrected chi connectivity index (χ0v) is 8.62. The molecule has 0 aromatic carbocycles. The maximum absolute atomic E-state index is 12.1. The fraction of sp³-hybridized carbons (Fsp3) is 0.667. The van der Waals surface area contributed by atoms with Crippen LogP contribution in [0.25, 0.3) is 0 Å². The number of Topliss-reactive ketones (excluding diaryl/α,β-unsaturated/α-hetero) is 1. The molecule has 1 rings (SSSR count). The molecular formula is C12H18O3. The van der Waals surface area contributed by atoms with Crippen molar-refractivity contribution in [3.8, 4) is 0 Å². The molecule has 0 aliphatic heterocycles. The van der Waals surface area contributed by atoms with Crippen molar-refractivity contribution in [1.29, 1.82) is 0 Å². The number of carboxylic acid groups (broad SMARTS) is 1. The summed E-state index contributed by atoms with van der Waals surface area (Å²) in [4.78, 5) is 23.1. The first kappa shape index (κ1) is 6.46. The molecule has 2 atom stereocenters. The van der Waals surface area contributed by atoms with Gasteiger partial charge in [0.25, 0.3) is 0 Å². The van der Waals surface area contributed by atoms with Gasteiger partial charge >= 0.3 is 5.97 Å². The van der Waals surface area contributed by atoms with E-state index in [1.54, 1.807) is 6.08 Å². The van der Waals surface area contributed by atoms with Crippen molar-refractivity contribution in [2.75, 3.05) is 0 Å². The fourth-order valence-corrected chi connectivity index (χ4v) is 1.49. The Bertz CT molecular complexity index is 446. The van der Waals surface area contributed by atoms with Crippen molar-refractivity contribution in [2.45, 2.75) is 38.9 Å². The zero-order chi connectivity index (χ0) is 15.8. The number of rotatable bonds is 5. The molecule has 0 saturated heterocycles. The molecule has 0 aromatic rings. The minimum Gasteiger partial charge on any atom is -0.481 e. The van der Waals surface area contributed by atoms with E-state index in [0.717, 1.165) is 0 Å². The summed E-state index contributed by atoms with van der Waals surface area (Å²) in [6, 6.07) is 0. The van der Waals surface area contributed by atoms with Gasteiger partial charge in [-0.3, -0.25) is 9.59 Å². The number of ketones is 1. The first-order valence-corrected chi connectivity index (χ1v) is 4.93.